The van der Waals surface area contributed by atoms with Crippen LogP contribution in [-0.2, 0) is 0 Å². The highest BCUT2D eigenvalue weighted by molar-refractivity contribution is 5.99. The van der Waals surface area contributed by atoms with Crippen molar-refractivity contribution in [3.05, 3.63) is 29.8 Å². The zero-order valence-corrected chi connectivity index (χ0v) is 12.5. The lowest BCUT2D eigenvalue weighted by molar-refractivity contribution is 0.0867. The maximum absolute atomic E-state index is 12.3. The van der Waals surface area contributed by atoms with Crippen LogP contribution in [0.1, 0.15) is 43.5 Å². The SMILES string of the molecule is CCCCCN(C)C(C)C(=O)c1ccc(OC)cc1. The van der Waals surface area contributed by atoms with Gasteiger partial charge in [-0.2, -0.15) is 0 Å². The van der Waals surface area contributed by atoms with Gasteiger partial charge in [-0.3, -0.25) is 9.69 Å². The van der Waals surface area contributed by atoms with E-state index in [1.54, 1.807) is 7.11 Å². The van der Waals surface area contributed by atoms with Crippen molar-refractivity contribution in [2.24, 2.45) is 0 Å². The topological polar surface area (TPSA) is 29.5 Å². The van der Waals surface area contributed by atoms with Gasteiger partial charge in [0.15, 0.2) is 5.78 Å². The van der Waals surface area contributed by atoms with Crippen molar-refractivity contribution in [3.8, 4) is 5.75 Å². The van der Waals surface area contributed by atoms with Crippen LogP contribution in [0.5, 0.6) is 5.75 Å². The second-order valence-electron chi connectivity index (χ2n) is 4.96. The van der Waals surface area contributed by atoms with Crippen LogP contribution in [0.3, 0.4) is 0 Å². The van der Waals surface area contributed by atoms with Crippen LogP contribution in [0.2, 0.25) is 0 Å². The number of likely N-dealkylation sites (N-methyl/N-ethyl adjacent to an activating group) is 1. The highest BCUT2D eigenvalue weighted by atomic mass is 16.5. The number of Topliss-reactive ketones (excluding diaryl/α,β-unsaturated/α-hetero) is 1. The molecule has 1 unspecified atom stereocenters. The quantitative estimate of drug-likeness (QED) is 0.532. The Hall–Kier alpha value is -1.35. The Kier molecular flexibility index (Phi) is 6.57. The molecule has 3 nitrogen and oxygen atoms in total. The predicted molar refractivity (Wildman–Crippen MR) is 78.9 cm³/mol. The minimum Gasteiger partial charge on any atom is -0.497 e. The molecule has 0 aliphatic carbocycles. The Labute approximate surface area is 116 Å². The summed E-state index contributed by atoms with van der Waals surface area (Å²) in [6.07, 6.45) is 3.57. The van der Waals surface area contributed by atoms with Gasteiger partial charge in [0.05, 0.1) is 13.2 Å². The van der Waals surface area contributed by atoms with Crippen molar-refractivity contribution >= 4 is 5.78 Å². The highest BCUT2D eigenvalue weighted by Crippen LogP contribution is 2.14. The van der Waals surface area contributed by atoms with E-state index in [0.717, 1.165) is 24.3 Å². The largest absolute Gasteiger partial charge is 0.497 e. The van der Waals surface area contributed by atoms with E-state index in [9.17, 15) is 4.79 Å². The van der Waals surface area contributed by atoms with Gasteiger partial charge in [-0.15, -0.1) is 0 Å². The van der Waals surface area contributed by atoms with Gasteiger partial charge in [-0.25, -0.2) is 0 Å². The molecular formula is C16H25NO2. The fourth-order valence-electron chi connectivity index (χ4n) is 2.00. The number of hydrogen-bond acceptors (Lipinski definition) is 3. The van der Waals surface area contributed by atoms with Gasteiger partial charge in [0.2, 0.25) is 0 Å². The molecule has 1 atom stereocenters. The number of ketones is 1. The number of carbonyl (C=O) groups is 1. The fourth-order valence-corrected chi connectivity index (χ4v) is 2.00. The van der Waals surface area contributed by atoms with Crippen LogP contribution in [0, 0.1) is 0 Å². The zero-order chi connectivity index (χ0) is 14.3. The van der Waals surface area contributed by atoms with Gasteiger partial charge < -0.3 is 4.74 Å². The Morgan fingerprint density at radius 3 is 2.42 bits per heavy atom. The van der Waals surface area contributed by atoms with Crippen LogP contribution in [0.15, 0.2) is 24.3 Å². The smallest absolute Gasteiger partial charge is 0.179 e. The van der Waals surface area contributed by atoms with Crippen molar-refractivity contribution in [1.29, 1.82) is 0 Å². The molecule has 0 saturated carbocycles. The molecule has 0 fully saturated rings. The average molecular weight is 263 g/mol. The summed E-state index contributed by atoms with van der Waals surface area (Å²) in [4.78, 5) is 14.5. The lowest BCUT2D eigenvalue weighted by Gasteiger charge is -2.23. The molecular weight excluding hydrogens is 238 g/mol. The first-order valence-electron chi connectivity index (χ1n) is 6.98. The van der Waals surface area contributed by atoms with E-state index in [1.807, 2.05) is 38.2 Å². The third kappa shape index (κ3) is 4.67. The van der Waals surface area contributed by atoms with Crippen LogP contribution in [0.4, 0.5) is 0 Å². The van der Waals surface area contributed by atoms with Crippen LogP contribution < -0.4 is 4.74 Å². The van der Waals surface area contributed by atoms with E-state index in [4.69, 9.17) is 4.74 Å². The average Bonchev–Trinajstić information content (AvgIpc) is 2.46. The molecule has 0 spiro atoms. The van der Waals surface area contributed by atoms with Crippen LogP contribution in [-0.4, -0.2) is 37.4 Å². The number of hydrogen-bond donors (Lipinski definition) is 0. The number of methoxy groups -OCH3 is 1. The molecule has 19 heavy (non-hydrogen) atoms. The summed E-state index contributed by atoms with van der Waals surface area (Å²) < 4.78 is 5.10. The Balaban J connectivity index is 2.59. The van der Waals surface area contributed by atoms with Crippen molar-refractivity contribution < 1.29 is 9.53 Å². The molecule has 1 rings (SSSR count). The standard InChI is InChI=1S/C16H25NO2/c1-5-6-7-12-17(3)13(2)16(18)14-8-10-15(19-4)11-9-14/h8-11,13H,5-7,12H2,1-4H3. The lowest BCUT2D eigenvalue weighted by atomic mass is 10.0. The predicted octanol–water partition coefficient (Wildman–Crippen LogP) is 3.39. The van der Waals surface area contributed by atoms with Gasteiger partial charge in [0.25, 0.3) is 0 Å². The normalized spacial score (nSPS) is 12.5. The molecule has 0 saturated heterocycles. The van der Waals surface area contributed by atoms with Crippen molar-refractivity contribution in [2.45, 2.75) is 39.2 Å². The molecule has 1 aromatic rings. The maximum atomic E-state index is 12.3. The summed E-state index contributed by atoms with van der Waals surface area (Å²) >= 11 is 0. The van der Waals surface area contributed by atoms with E-state index in [2.05, 4.69) is 11.8 Å². The number of nitrogens with zero attached hydrogens (tertiary/aromatic N) is 1. The second-order valence-corrected chi connectivity index (χ2v) is 4.96. The monoisotopic (exact) mass is 263 g/mol. The third-order valence-corrected chi connectivity index (χ3v) is 3.53. The number of carbonyl (C=O) groups excluding carboxylic acids is 1. The van der Waals surface area contributed by atoms with Crippen molar-refractivity contribution in [3.63, 3.8) is 0 Å². The van der Waals surface area contributed by atoms with E-state index in [-0.39, 0.29) is 11.8 Å². The fraction of sp³-hybridized carbons (Fsp3) is 0.562. The van der Waals surface area contributed by atoms with Crippen molar-refractivity contribution in [2.75, 3.05) is 20.7 Å². The van der Waals surface area contributed by atoms with E-state index in [1.165, 1.54) is 12.8 Å². The number of ether oxygens (including phenoxy) is 1. The summed E-state index contributed by atoms with van der Waals surface area (Å²) in [5.41, 5.74) is 0.746. The number of unbranched alkanes of at least 4 members (excludes halogenated alkanes) is 2. The first-order valence-corrected chi connectivity index (χ1v) is 6.98. The third-order valence-electron chi connectivity index (χ3n) is 3.53. The number of rotatable bonds is 8. The molecule has 0 aromatic heterocycles. The minimum atomic E-state index is -0.0785. The van der Waals surface area contributed by atoms with E-state index >= 15 is 0 Å². The minimum absolute atomic E-state index is 0.0785. The molecule has 0 aliphatic heterocycles. The van der Waals surface area contributed by atoms with E-state index < -0.39 is 0 Å². The summed E-state index contributed by atoms with van der Waals surface area (Å²) in [5.74, 6) is 0.946. The molecule has 106 valence electrons. The molecule has 0 heterocycles. The molecule has 0 amide bonds. The first-order chi connectivity index (χ1) is 9.10. The van der Waals surface area contributed by atoms with Gasteiger partial charge in [-0.1, -0.05) is 19.8 Å². The summed E-state index contributed by atoms with van der Waals surface area (Å²) in [5, 5.41) is 0. The summed E-state index contributed by atoms with van der Waals surface area (Å²) in [6, 6.07) is 7.24. The van der Waals surface area contributed by atoms with Crippen molar-refractivity contribution in [1.82, 2.24) is 4.90 Å². The molecule has 0 radical (unpaired) electrons. The summed E-state index contributed by atoms with van der Waals surface area (Å²) in [7, 11) is 3.64. The van der Waals surface area contributed by atoms with Gasteiger partial charge >= 0.3 is 0 Å². The van der Waals surface area contributed by atoms with E-state index in [0.29, 0.717) is 0 Å². The summed E-state index contributed by atoms with van der Waals surface area (Å²) in [6.45, 7) is 5.13. The van der Waals surface area contributed by atoms with Gasteiger partial charge in [-0.05, 0) is 51.2 Å². The zero-order valence-electron chi connectivity index (χ0n) is 12.5. The molecule has 3 heteroatoms. The Bertz CT molecular complexity index is 386. The van der Waals surface area contributed by atoms with Gasteiger partial charge in [0, 0.05) is 5.56 Å². The molecule has 1 aromatic carbocycles. The molecule has 0 bridgehead atoms. The number of benzene rings is 1. The Morgan fingerprint density at radius 2 is 1.89 bits per heavy atom. The maximum Gasteiger partial charge on any atom is 0.179 e. The highest BCUT2D eigenvalue weighted by Gasteiger charge is 2.19. The van der Waals surface area contributed by atoms with Crippen LogP contribution >= 0.6 is 0 Å². The molecule has 0 aliphatic rings. The lowest BCUT2D eigenvalue weighted by Crippen LogP contribution is -2.36. The van der Waals surface area contributed by atoms with Gasteiger partial charge in [0.1, 0.15) is 5.75 Å². The molecule has 0 N–H and O–H groups in total. The van der Waals surface area contributed by atoms with Crippen LogP contribution in [0.25, 0.3) is 0 Å². The second kappa shape index (κ2) is 7.95. The Morgan fingerprint density at radius 1 is 1.26 bits per heavy atom. The first kappa shape index (κ1) is 15.7.